The molecular formula is C25H20ClN3O4S. The Morgan fingerprint density at radius 1 is 1.06 bits per heavy atom. The number of hydrogen-bond donors (Lipinski definition) is 1. The first-order valence-corrected chi connectivity index (χ1v) is 11.6. The fourth-order valence-corrected chi connectivity index (χ4v) is 4.14. The van der Waals surface area contributed by atoms with Gasteiger partial charge in [-0.25, -0.2) is 9.78 Å². The van der Waals surface area contributed by atoms with Crippen molar-refractivity contribution in [1.82, 2.24) is 9.88 Å². The molecule has 34 heavy (non-hydrogen) atoms. The fraction of sp³-hybridized carbons (Fsp3) is 0.120. The lowest BCUT2D eigenvalue weighted by molar-refractivity contribution is -0.136. The lowest BCUT2D eigenvalue weighted by Crippen LogP contribution is -2.37. The second-order valence-electron chi connectivity index (χ2n) is 7.40. The number of thiophene rings is 1. The zero-order valence-electron chi connectivity index (χ0n) is 18.2. The monoisotopic (exact) mass is 493 g/mol. The Bertz CT molecular complexity index is 1360. The van der Waals surface area contributed by atoms with Gasteiger partial charge in [-0.3, -0.25) is 9.59 Å². The second kappa shape index (κ2) is 10.5. The van der Waals surface area contributed by atoms with E-state index in [1.807, 2.05) is 35.7 Å². The smallest absolute Gasteiger partial charge is 0.339 e. The lowest BCUT2D eigenvalue weighted by Gasteiger charge is -2.17. The molecule has 0 radical (unpaired) electrons. The molecule has 0 atom stereocenters. The molecule has 0 saturated heterocycles. The van der Waals surface area contributed by atoms with Gasteiger partial charge in [-0.05, 0) is 35.7 Å². The largest absolute Gasteiger partial charge is 0.452 e. The zero-order chi connectivity index (χ0) is 24.1. The van der Waals surface area contributed by atoms with E-state index in [2.05, 4.69) is 10.3 Å². The van der Waals surface area contributed by atoms with Crippen molar-refractivity contribution in [2.75, 3.05) is 25.5 Å². The molecule has 4 aromatic rings. The molecule has 2 aromatic heterocycles. The van der Waals surface area contributed by atoms with Crippen molar-refractivity contribution < 1.29 is 19.1 Å². The number of nitrogens with zero attached hydrogens (tertiary/aromatic N) is 2. The summed E-state index contributed by atoms with van der Waals surface area (Å²) in [6, 6.07) is 19.5. The van der Waals surface area contributed by atoms with Crippen LogP contribution in [-0.2, 0) is 14.3 Å². The van der Waals surface area contributed by atoms with Gasteiger partial charge >= 0.3 is 5.97 Å². The molecule has 0 aliphatic heterocycles. The molecule has 2 heterocycles. The number of anilines is 1. The predicted molar refractivity (Wildman–Crippen MR) is 133 cm³/mol. The van der Waals surface area contributed by atoms with Gasteiger partial charge in [-0.2, -0.15) is 0 Å². The first-order valence-electron chi connectivity index (χ1n) is 10.3. The Hall–Kier alpha value is -3.75. The summed E-state index contributed by atoms with van der Waals surface area (Å²) < 4.78 is 5.30. The van der Waals surface area contributed by atoms with E-state index in [0.717, 1.165) is 4.88 Å². The number of pyridine rings is 1. The summed E-state index contributed by atoms with van der Waals surface area (Å²) in [6.45, 7) is -0.720. The minimum Gasteiger partial charge on any atom is -0.452 e. The van der Waals surface area contributed by atoms with E-state index in [0.29, 0.717) is 32.9 Å². The average molecular weight is 494 g/mol. The number of benzene rings is 2. The van der Waals surface area contributed by atoms with Crippen LogP contribution in [0.25, 0.3) is 21.5 Å². The SMILES string of the molecule is CN(CC(=O)Nc1ccccc1Cl)C(=O)COC(=O)c1cc(-c2cccs2)nc2ccccc12. The number of hydrogen-bond acceptors (Lipinski definition) is 6. The maximum Gasteiger partial charge on any atom is 0.339 e. The summed E-state index contributed by atoms with van der Waals surface area (Å²) in [7, 11) is 1.46. The first-order chi connectivity index (χ1) is 16.4. The number of carbonyl (C=O) groups excluding carboxylic acids is 3. The molecular weight excluding hydrogens is 474 g/mol. The zero-order valence-corrected chi connectivity index (χ0v) is 19.7. The van der Waals surface area contributed by atoms with E-state index in [4.69, 9.17) is 16.3 Å². The number of ether oxygens (including phenoxy) is 1. The van der Waals surface area contributed by atoms with Crippen LogP contribution in [0.1, 0.15) is 10.4 Å². The highest BCUT2D eigenvalue weighted by Gasteiger charge is 2.19. The highest BCUT2D eigenvalue weighted by Crippen LogP contribution is 2.28. The predicted octanol–water partition coefficient (Wildman–Crippen LogP) is 4.87. The summed E-state index contributed by atoms with van der Waals surface area (Å²) in [5, 5.41) is 5.60. The average Bonchev–Trinajstić information content (AvgIpc) is 3.38. The summed E-state index contributed by atoms with van der Waals surface area (Å²) >= 11 is 7.55. The van der Waals surface area contributed by atoms with Crippen LogP contribution in [0.2, 0.25) is 5.02 Å². The van der Waals surface area contributed by atoms with Crippen LogP contribution in [0.5, 0.6) is 0 Å². The van der Waals surface area contributed by atoms with Crippen molar-refractivity contribution in [2.24, 2.45) is 0 Å². The van der Waals surface area contributed by atoms with Crippen LogP contribution in [-0.4, -0.2) is 47.9 Å². The van der Waals surface area contributed by atoms with Gasteiger partial charge in [0.25, 0.3) is 5.91 Å². The Morgan fingerprint density at radius 2 is 1.82 bits per heavy atom. The normalized spacial score (nSPS) is 10.6. The van der Waals surface area contributed by atoms with E-state index in [1.165, 1.54) is 23.3 Å². The topological polar surface area (TPSA) is 88.6 Å². The van der Waals surface area contributed by atoms with Gasteiger partial charge < -0.3 is 15.0 Å². The molecule has 7 nitrogen and oxygen atoms in total. The van der Waals surface area contributed by atoms with Gasteiger partial charge in [0.05, 0.1) is 38.9 Å². The number of halogens is 1. The van der Waals surface area contributed by atoms with Gasteiger partial charge in [0.1, 0.15) is 0 Å². The number of likely N-dealkylation sites (N-methyl/N-ethyl adjacent to an activating group) is 1. The maximum absolute atomic E-state index is 12.9. The molecule has 4 rings (SSSR count). The van der Waals surface area contributed by atoms with Crippen LogP contribution in [0, 0.1) is 0 Å². The van der Waals surface area contributed by atoms with Crippen molar-refractivity contribution in [3.63, 3.8) is 0 Å². The highest BCUT2D eigenvalue weighted by atomic mass is 35.5. The Balaban J connectivity index is 1.41. The van der Waals surface area contributed by atoms with Crippen molar-refractivity contribution in [1.29, 1.82) is 0 Å². The minimum atomic E-state index is -0.640. The molecule has 0 spiro atoms. The number of rotatable bonds is 7. The molecule has 0 aliphatic rings. The number of aromatic nitrogens is 1. The van der Waals surface area contributed by atoms with Crippen molar-refractivity contribution in [3.8, 4) is 10.6 Å². The fourth-order valence-electron chi connectivity index (χ4n) is 3.27. The quantitative estimate of drug-likeness (QED) is 0.371. The van der Waals surface area contributed by atoms with E-state index in [9.17, 15) is 14.4 Å². The van der Waals surface area contributed by atoms with E-state index in [-0.39, 0.29) is 6.54 Å². The van der Waals surface area contributed by atoms with E-state index in [1.54, 1.807) is 36.4 Å². The van der Waals surface area contributed by atoms with Crippen LogP contribution in [0.4, 0.5) is 5.69 Å². The molecule has 9 heteroatoms. The van der Waals surface area contributed by atoms with Crippen LogP contribution < -0.4 is 5.32 Å². The van der Waals surface area contributed by atoms with E-state index >= 15 is 0 Å². The first kappa shape index (κ1) is 23.4. The van der Waals surface area contributed by atoms with Gasteiger partial charge in [0.15, 0.2) is 6.61 Å². The third-order valence-electron chi connectivity index (χ3n) is 4.99. The Kier molecular flexibility index (Phi) is 7.20. The van der Waals surface area contributed by atoms with Gasteiger partial charge in [-0.1, -0.05) is 48.0 Å². The molecule has 0 aliphatic carbocycles. The molecule has 0 bridgehead atoms. The number of esters is 1. The number of para-hydroxylation sites is 2. The maximum atomic E-state index is 12.9. The number of carbonyl (C=O) groups is 3. The molecule has 2 amide bonds. The molecule has 0 unspecified atom stereocenters. The van der Waals surface area contributed by atoms with Gasteiger partial charge in [0.2, 0.25) is 5.91 Å². The lowest BCUT2D eigenvalue weighted by atomic mass is 10.1. The minimum absolute atomic E-state index is 0.220. The Morgan fingerprint density at radius 3 is 2.59 bits per heavy atom. The Labute approximate surface area is 204 Å². The van der Waals surface area contributed by atoms with Crippen molar-refractivity contribution >= 4 is 57.3 Å². The van der Waals surface area contributed by atoms with E-state index < -0.39 is 24.4 Å². The van der Waals surface area contributed by atoms with Crippen LogP contribution in [0.3, 0.4) is 0 Å². The van der Waals surface area contributed by atoms with Gasteiger partial charge in [0, 0.05) is 12.4 Å². The van der Waals surface area contributed by atoms with Crippen molar-refractivity contribution in [3.05, 3.63) is 82.7 Å². The summed E-state index contributed by atoms with van der Waals surface area (Å²) in [5.74, 6) is -1.57. The molecule has 1 N–H and O–H groups in total. The highest BCUT2D eigenvalue weighted by molar-refractivity contribution is 7.13. The molecule has 172 valence electrons. The number of nitrogens with one attached hydrogen (secondary N) is 1. The second-order valence-corrected chi connectivity index (χ2v) is 8.76. The summed E-state index contributed by atoms with van der Waals surface area (Å²) in [4.78, 5) is 44.4. The standard InChI is InChI=1S/C25H20ClN3O4S/c1-29(14-23(30)28-20-10-5-3-8-18(20)26)24(31)15-33-25(32)17-13-21(22-11-6-12-34-22)27-19-9-4-2-7-16(17)19/h2-13H,14-15H2,1H3,(H,28,30). The van der Waals surface area contributed by atoms with Crippen LogP contribution in [0.15, 0.2) is 72.1 Å². The molecule has 2 aromatic carbocycles. The third kappa shape index (κ3) is 5.41. The summed E-state index contributed by atoms with van der Waals surface area (Å²) in [5.41, 5.74) is 2.08. The third-order valence-corrected chi connectivity index (χ3v) is 6.21. The van der Waals surface area contributed by atoms with Gasteiger partial charge in [-0.15, -0.1) is 11.3 Å². The summed E-state index contributed by atoms with van der Waals surface area (Å²) in [6.07, 6.45) is 0. The number of fused-ring (bicyclic) bond motifs is 1. The molecule has 0 fully saturated rings. The molecule has 0 saturated carbocycles. The van der Waals surface area contributed by atoms with Crippen molar-refractivity contribution in [2.45, 2.75) is 0 Å². The van der Waals surface area contributed by atoms with Crippen LogP contribution >= 0.6 is 22.9 Å². The number of amides is 2.